The second kappa shape index (κ2) is 5.15. The SMILES string of the molecule is Cn1ncc(C(=O)NCC2COCCO2)c1N. The third kappa shape index (κ3) is 2.75. The second-order valence-electron chi connectivity index (χ2n) is 3.84. The zero-order valence-electron chi connectivity index (χ0n) is 9.68. The number of hydrogen-bond acceptors (Lipinski definition) is 5. The van der Waals surface area contributed by atoms with Crippen LogP contribution >= 0.6 is 0 Å². The van der Waals surface area contributed by atoms with Gasteiger partial charge in [-0.15, -0.1) is 0 Å². The number of nitrogens with two attached hydrogens (primary N) is 1. The van der Waals surface area contributed by atoms with Gasteiger partial charge in [-0.05, 0) is 0 Å². The van der Waals surface area contributed by atoms with Crippen molar-refractivity contribution in [3.8, 4) is 0 Å². The minimum atomic E-state index is -0.246. The van der Waals surface area contributed by atoms with E-state index in [1.165, 1.54) is 10.9 Å². The summed E-state index contributed by atoms with van der Waals surface area (Å²) in [6.45, 7) is 2.09. The van der Waals surface area contributed by atoms with Crippen LogP contribution in [0.2, 0.25) is 0 Å². The zero-order chi connectivity index (χ0) is 12.3. The number of nitrogen functional groups attached to an aromatic ring is 1. The summed E-state index contributed by atoms with van der Waals surface area (Å²) in [7, 11) is 1.68. The Morgan fingerprint density at radius 1 is 1.71 bits per heavy atom. The van der Waals surface area contributed by atoms with Crippen molar-refractivity contribution in [3.05, 3.63) is 11.8 Å². The summed E-state index contributed by atoms with van der Waals surface area (Å²) in [6.07, 6.45) is 1.36. The van der Waals surface area contributed by atoms with Gasteiger partial charge in [-0.25, -0.2) is 0 Å². The standard InChI is InChI=1S/C10H16N4O3/c1-14-9(11)8(5-13-14)10(15)12-4-7-6-16-2-3-17-7/h5,7H,2-4,6,11H2,1H3,(H,12,15). The van der Waals surface area contributed by atoms with Gasteiger partial charge in [0.05, 0.1) is 32.1 Å². The lowest BCUT2D eigenvalue weighted by molar-refractivity contribution is -0.0855. The number of amides is 1. The number of nitrogens with zero attached hydrogens (tertiary/aromatic N) is 2. The molecule has 2 rings (SSSR count). The zero-order valence-corrected chi connectivity index (χ0v) is 9.68. The maximum Gasteiger partial charge on any atom is 0.256 e. The summed E-state index contributed by atoms with van der Waals surface area (Å²) >= 11 is 0. The average molecular weight is 240 g/mol. The Morgan fingerprint density at radius 2 is 2.53 bits per heavy atom. The van der Waals surface area contributed by atoms with E-state index in [9.17, 15) is 4.79 Å². The van der Waals surface area contributed by atoms with E-state index >= 15 is 0 Å². The van der Waals surface area contributed by atoms with Crippen LogP contribution in [-0.4, -0.2) is 48.2 Å². The number of anilines is 1. The van der Waals surface area contributed by atoms with Crippen molar-refractivity contribution in [1.82, 2.24) is 15.1 Å². The molecule has 3 N–H and O–H groups in total. The van der Waals surface area contributed by atoms with Crippen LogP contribution in [0.25, 0.3) is 0 Å². The molecule has 1 saturated heterocycles. The largest absolute Gasteiger partial charge is 0.383 e. The van der Waals surface area contributed by atoms with Crippen molar-refractivity contribution >= 4 is 11.7 Å². The number of aromatic nitrogens is 2. The van der Waals surface area contributed by atoms with Gasteiger partial charge in [0.1, 0.15) is 11.4 Å². The average Bonchev–Trinajstić information content (AvgIpc) is 2.69. The van der Waals surface area contributed by atoms with E-state index < -0.39 is 0 Å². The Hall–Kier alpha value is -1.60. The first-order valence-corrected chi connectivity index (χ1v) is 5.43. The van der Waals surface area contributed by atoms with Gasteiger partial charge in [0.25, 0.3) is 5.91 Å². The van der Waals surface area contributed by atoms with Crippen molar-refractivity contribution in [3.63, 3.8) is 0 Å². The molecule has 1 aliphatic heterocycles. The Bertz CT molecular complexity index is 398. The highest BCUT2D eigenvalue weighted by atomic mass is 16.6. The highest BCUT2D eigenvalue weighted by Crippen LogP contribution is 2.08. The lowest BCUT2D eigenvalue weighted by atomic mass is 10.3. The Balaban J connectivity index is 1.86. The molecule has 17 heavy (non-hydrogen) atoms. The number of nitrogens with one attached hydrogen (secondary N) is 1. The Morgan fingerprint density at radius 3 is 3.12 bits per heavy atom. The van der Waals surface area contributed by atoms with Crippen LogP contribution in [0.5, 0.6) is 0 Å². The topological polar surface area (TPSA) is 91.4 Å². The van der Waals surface area contributed by atoms with E-state index in [-0.39, 0.29) is 12.0 Å². The number of carbonyl (C=O) groups is 1. The van der Waals surface area contributed by atoms with E-state index in [0.29, 0.717) is 37.7 Å². The molecule has 1 aromatic heterocycles. The monoisotopic (exact) mass is 240 g/mol. The Kier molecular flexibility index (Phi) is 3.60. The molecular weight excluding hydrogens is 224 g/mol. The fraction of sp³-hybridized carbons (Fsp3) is 0.600. The summed E-state index contributed by atoms with van der Waals surface area (Å²) in [5, 5.41) is 6.65. The molecule has 1 unspecified atom stereocenters. The number of rotatable bonds is 3. The van der Waals surface area contributed by atoms with Crippen molar-refractivity contribution in [2.45, 2.75) is 6.10 Å². The van der Waals surface area contributed by atoms with Gasteiger partial charge >= 0.3 is 0 Å². The molecule has 94 valence electrons. The molecular formula is C10H16N4O3. The van der Waals surface area contributed by atoms with Gasteiger partial charge < -0.3 is 20.5 Å². The molecule has 0 radical (unpaired) electrons. The molecule has 1 fully saturated rings. The highest BCUT2D eigenvalue weighted by Gasteiger charge is 2.18. The highest BCUT2D eigenvalue weighted by molar-refractivity contribution is 5.98. The Labute approximate surface area is 98.9 Å². The van der Waals surface area contributed by atoms with Gasteiger partial charge in [-0.3, -0.25) is 9.48 Å². The minimum absolute atomic E-state index is 0.0920. The molecule has 0 aliphatic carbocycles. The van der Waals surface area contributed by atoms with E-state index in [4.69, 9.17) is 15.2 Å². The number of hydrogen-bond donors (Lipinski definition) is 2. The fourth-order valence-corrected chi connectivity index (χ4v) is 1.58. The van der Waals surface area contributed by atoms with Crippen LogP contribution < -0.4 is 11.1 Å². The molecule has 1 atom stereocenters. The smallest absolute Gasteiger partial charge is 0.256 e. The van der Waals surface area contributed by atoms with Gasteiger partial charge in [-0.1, -0.05) is 0 Å². The molecule has 7 nitrogen and oxygen atoms in total. The van der Waals surface area contributed by atoms with E-state index in [1.807, 2.05) is 0 Å². The van der Waals surface area contributed by atoms with Crippen LogP contribution in [0, 0.1) is 0 Å². The van der Waals surface area contributed by atoms with Gasteiger partial charge in [-0.2, -0.15) is 5.10 Å². The predicted molar refractivity (Wildman–Crippen MR) is 60.5 cm³/mol. The second-order valence-corrected chi connectivity index (χ2v) is 3.84. The number of ether oxygens (including phenoxy) is 2. The van der Waals surface area contributed by atoms with Crippen LogP contribution in [0.4, 0.5) is 5.82 Å². The minimum Gasteiger partial charge on any atom is -0.383 e. The summed E-state index contributed by atoms with van der Waals surface area (Å²) < 4.78 is 12.1. The van der Waals surface area contributed by atoms with E-state index in [2.05, 4.69) is 10.4 Å². The third-order valence-corrected chi connectivity index (χ3v) is 2.60. The molecule has 1 aliphatic rings. The van der Waals surface area contributed by atoms with E-state index in [1.54, 1.807) is 7.05 Å². The maximum atomic E-state index is 11.8. The molecule has 7 heteroatoms. The van der Waals surface area contributed by atoms with Crippen molar-refractivity contribution in [2.24, 2.45) is 7.05 Å². The lowest BCUT2D eigenvalue weighted by Gasteiger charge is -2.22. The van der Waals surface area contributed by atoms with Crippen LogP contribution in [0.1, 0.15) is 10.4 Å². The van der Waals surface area contributed by atoms with Gasteiger partial charge in [0.2, 0.25) is 0 Å². The maximum absolute atomic E-state index is 11.8. The van der Waals surface area contributed by atoms with E-state index in [0.717, 1.165) is 0 Å². The first kappa shape index (κ1) is 11.9. The number of carbonyl (C=O) groups excluding carboxylic acids is 1. The van der Waals surface area contributed by atoms with Crippen molar-refractivity contribution in [1.29, 1.82) is 0 Å². The van der Waals surface area contributed by atoms with Crippen molar-refractivity contribution < 1.29 is 14.3 Å². The molecule has 0 saturated carbocycles. The molecule has 0 spiro atoms. The van der Waals surface area contributed by atoms with Crippen LogP contribution in [-0.2, 0) is 16.5 Å². The van der Waals surface area contributed by atoms with Crippen LogP contribution in [0.3, 0.4) is 0 Å². The van der Waals surface area contributed by atoms with Crippen LogP contribution in [0.15, 0.2) is 6.20 Å². The molecule has 2 heterocycles. The summed E-state index contributed by atoms with van der Waals surface area (Å²) in [5.41, 5.74) is 6.07. The lowest BCUT2D eigenvalue weighted by Crippen LogP contribution is -2.39. The first-order valence-electron chi connectivity index (χ1n) is 5.43. The first-order chi connectivity index (χ1) is 8.18. The van der Waals surface area contributed by atoms with Gasteiger partial charge in [0, 0.05) is 13.6 Å². The normalized spacial score (nSPS) is 20.2. The van der Waals surface area contributed by atoms with Crippen molar-refractivity contribution in [2.75, 3.05) is 32.1 Å². The quantitative estimate of drug-likeness (QED) is 0.718. The van der Waals surface area contributed by atoms with Gasteiger partial charge in [0.15, 0.2) is 0 Å². The fourth-order valence-electron chi connectivity index (χ4n) is 1.58. The third-order valence-electron chi connectivity index (χ3n) is 2.60. The molecule has 1 aromatic rings. The predicted octanol–water partition coefficient (Wildman–Crippen LogP) is -0.852. The molecule has 1 amide bonds. The number of aryl methyl sites for hydroxylation is 1. The summed E-state index contributed by atoms with van der Waals surface area (Å²) in [4.78, 5) is 11.8. The molecule has 0 bridgehead atoms. The molecule has 0 aromatic carbocycles. The summed E-state index contributed by atoms with van der Waals surface area (Å²) in [5.74, 6) is 0.105. The summed E-state index contributed by atoms with van der Waals surface area (Å²) in [6, 6.07) is 0.